The van der Waals surface area contributed by atoms with Gasteiger partial charge >= 0.3 is 0 Å². The van der Waals surface area contributed by atoms with E-state index in [4.69, 9.17) is 4.42 Å². The third kappa shape index (κ3) is 2.85. The predicted molar refractivity (Wildman–Crippen MR) is 97.5 cm³/mol. The summed E-state index contributed by atoms with van der Waals surface area (Å²) in [6.45, 7) is 2.02. The van der Waals surface area contributed by atoms with Gasteiger partial charge in [0.15, 0.2) is 11.6 Å². The number of rotatable bonds is 3. The van der Waals surface area contributed by atoms with Crippen LogP contribution in [-0.2, 0) is 0 Å². The number of aryl methyl sites for hydroxylation is 1. The van der Waals surface area contributed by atoms with E-state index in [0.29, 0.717) is 22.6 Å². The van der Waals surface area contributed by atoms with Gasteiger partial charge in [0, 0.05) is 17.3 Å². The first-order valence-corrected chi connectivity index (χ1v) is 8.10. The van der Waals surface area contributed by atoms with Crippen molar-refractivity contribution in [2.24, 2.45) is 0 Å². The van der Waals surface area contributed by atoms with Crippen molar-refractivity contribution in [3.63, 3.8) is 0 Å². The van der Waals surface area contributed by atoms with Gasteiger partial charge in [0.2, 0.25) is 0 Å². The van der Waals surface area contributed by atoms with Crippen molar-refractivity contribution in [3.8, 4) is 33.9 Å². The standard InChI is InChI=1S/C22H16FNO/c1-15-10-12-17(13-11-15)21-19(18-9-5-6-14-24-18)20(23)22(25-21)16-7-3-2-4-8-16/h2-14H,1H3. The Morgan fingerprint density at radius 2 is 1.44 bits per heavy atom. The normalized spacial score (nSPS) is 10.8. The highest BCUT2D eigenvalue weighted by Gasteiger charge is 2.24. The van der Waals surface area contributed by atoms with E-state index < -0.39 is 0 Å². The first kappa shape index (κ1) is 15.3. The smallest absolute Gasteiger partial charge is 0.179 e. The van der Waals surface area contributed by atoms with Crippen LogP contribution in [0.4, 0.5) is 4.39 Å². The SMILES string of the molecule is Cc1ccc(-c2oc(-c3ccccc3)c(F)c2-c2ccccn2)cc1. The zero-order valence-electron chi connectivity index (χ0n) is 13.7. The van der Waals surface area contributed by atoms with Gasteiger partial charge in [-0.05, 0) is 19.1 Å². The van der Waals surface area contributed by atoms with Crippen LogP contribution in [-0.4, -0.2) is 4.98 Å². The van der Waals surface area contributed by atoms with Crippen LogP contribution in [0.2, 0.25) is 0 Å². The molecule has 0 radical (unpaired) electrons. The van der Waals surface area contributed by atoms with E-state index in [1.54, 1.807) is 12.3 Å². The van der Waals surface area contributed by atoms with Gasteiger partial charge in [0.05, 0.1) is 11.3 Å². The largest absolute Gasteiger partial charge is 0.452 e. The summed E-state index contributed by atoms with van der Waals surface area (Å²) >= 11 is 0. The van der Waals surface area contributed by atoms with Gasteiger partial charge in [-0.1, -0.05) is 66.2 Å². The Kier molecular flexibility index (Phi) is 3.90. The molecule has 2 heterocycles. The Bertz CT molecular complexity index is 990. The minimum atomic E-state index is -0.388. The highest BCUT2D eigenvalue weighted by atomic mass is 19.1. The summed E-state index contributed by atoms with van der Waals surface area (Å²) in [5, 5.41) is 0. The van der Waals surface area contributed by atoms with Gasteiger partial charge in [-0.2, -0.15) is 0 Å². The lowest BCUT2D eigenvalue weighted by Crippen LogP contribution is -1.87. The van der Waals surface area contributed by atoms with Gasteiger partial charge in [0.1, 0.15) is 5.76 Å². The molecule has 0 spiro atoms. The molecular weight excluding hydrogens is 313 g/mol. The number of furan rings is 1. The van der Waals surface area contributed by atoms with Gasteiger partial charge < -0.3 is 4.42 Å². The first-order chi connectivity index (χ1) is 12.2. The van der Waals surface area contributed by atoms with Crippen molar-refractivity contribution in [1.29, 1.82) is 0 Å². The summed E-state index contributed by atoms with van der Waals surface area (Å²) in [6, 6.07) is 22.6. The summed E-state index contributed by atoms with van der Waals surface area (Å²) in [7, 11) is 0. The molecule has 0 amide bonds. The maximum Gasteiger partial charge on any atom is 0.179 e. The van der Waals surface area contributed by atoms with Crippen LogP contribution in [0.15, 0.2) is 83.4 Å². The fraction of sp³-hybridized carbons (Fsp3) is 0.0455. The summed E-state index contributed by atoms with van der Waals surface area (Å²) in [5.74, 6) is 0.340. The van der Waals surface area contributed by atoms with E-state index in [1.165, 1.54) is 0 Å². The van der Waals surface area contributed by atoms with Gasteiger partial charge in [-0.3, -0.25) is 4.98 Å². The Balaban J connectivity index is 1.97. The molecule has 0 bridgehead atoms. The lowest BCUT2D eigenvalue weighted by Gasteiger charge is -2.03. The molecule has 2 aromatic carbocycles. The van der Waals surface area contributed by atoms with Gasteiger partial charge in [0.25, 0.3) is 0 Å². The van der Waals surface area contributed by atoms with E-state index in [9.17, 15) is 0 Å². The monoisotopic (exact) mass is 329 g/mol. The number of halogens is 1. The second-order valence-corrected chi connectivity index (χ2v) is 5.90. The molecule has 0 N–H and O–H groups in total. The number of hydrogen-bond acceptors (Lipinski definition) is 2. The molecule has 2 nitrogen and oxygen atoms in total. The molecule has 0 atom stereocenters. The number of aromatic nitrogens is 1. The Morgan fingerprint density at radius 3 is 2.12 bits per heavy atom. The quantitative estimate of drug-likeness (QED) is 0.452. The number of hydrogen-bond donors (Lipinski definition) is 0. The van der Waals surface area contributed by atoms with E-state index in [2.05, 4.69) is 4.98 Å². The lowest BCUT2D eigenvalue weighted by atomic mass is 10.0. The molecule has 0 saturated heterocycles. The van der Waals surface area contributed by atoms with E-state index >= 15 is 4.39 Å². The van der Waals surface area contributed by atoms with Crippen molar-refractivity contribution in [2.45, 2.75) is 6.92 Å². The van der Waals surface area contributed by atoms with Crippen molar-refractivity contribution in [2.75, 3.05) is 0 Å². The van der Waals surface area contributed by atoms with Gasteiger partial charge in [-0.25, -0.2) is 4.39 Å². The highest BCUT2D eigenvalue weighted by molar-refractivity contribution is 5.83. The number of benzene rings is 2. The zero-order chi connectivity index (χ0) is 17.2. The van der Waals surface area contributed by atoms with Crippen molar-refractivity contribution in [3.05, 3.63) is 90.4 Å². The molecule has 122 valence electrons. The maximum atomic E-state index is 15.3. The summed E-state index contributed by atoms with van der Waals surface area (Å²) < 4.78 is 21.3. The van der Waals surface area contributed by atoms with E-state index in [1.807, 2.05) is 73.7 Å². The molecule has 4 rings (SSSR count). The summed E-state index contributed by atoms with van der Waals surface area (Å²) in [5.41, 5.74) is 3.62. The van der Waals surface area contributed by atoms with Crippen LogP contribution in [0.1, 0.15) is 5.56 Å². The third-order valence-corrected chi connectivity index (χ3v) is 4.12. The van der Waals surface area contributed by atoms with Crippen molar-refractivity contribution < 1.29 is 8.81 Å². The van der Waals surface area contributed by atoms with Crippen molar-refractivity contribution >= 4 is 0 Å². The fourth-order valence-electron chi connectivity index (χ4n) is 2.83. The van der Waals surface area contributed by atoms with E-state index in [0.717, 1.165) is 11.1 Å². The zero-order valence-corrected chi connectivity index (χ0v) is 13.7. The van der Waals surface area contributed by atoms with Crippen LogP contribution >= 0.6 is 0 Å². The Hall–Kier alpha value is -3.20. The molecule has 2 aromatic heterocycles. The average Bonchev–Trinajstić information content (AvgIpc) is 3.01. The topological polar surface area (TPSA) is 26.0 Å². The molecule has 0 unspecified atom stereocenters. The minimum absolute atomic E-state index is 0.233. The Labute approximate surface area is 145 Å². The highest BCUT2D eigenvalue weighted by Crippen LogP contribution is 2.41. The molecule has 3 heteroatoms. The third-order valence-electron chi connectivity index (χ3n) is 4.12. The molecule has 0 saturated carbocycles. The minimum Gasteiger partial charge on any atom is -0.452 e. The number of nitrogens with zero attached hydrogens (tertiary/aromatic N) is 1. The molecular formula is C22H16FNO. The second-order valence-electron chi connectivity index (χ2n) is 5.90. The average molecular weight is 329 g/mol. The predicted octanol–water partition coefficient (Wildman–Crippen LogP) is 6.12. The fourth-order valence-corrected chi connectivity index (χ4v) is 2.83. The first-order valence-electron chi connectivity index (χ1n) is 8.10. The van der Waals surface area contributed by atoms with Crippen LogP contribution < -0.4 is 0 Å². The molecule has 0 aliphatic carbocycles. The molecule has 0 aliphatic rings. The number of pyridine rings is 1. The lowest BCUT2D eigenvalue weighted by molar-refractivity contribution is 0.558. The molecule has 0 fully saturated rings. The summed E-state index contributed by atoms with van der Waals surface area (Å²) in [6.07, 6.45) is 1.66. The molecule has 25 heavy (non-hydrogen) atoms. The van der Waals surface area contributed by atoms with Crippen LogP contribution in [0.3, 0.4) is 0 Å². The maximum absolute atomic E-state index is 15.3. The van der Waals surface area contributed by atoms with Crippen molar-refractivity contribution in [1.82, 2.24) is 4.98 Å². The van der Waals surface area contributed by atoms with Crippen LogP contribution in [0.5, 0.6) is 0 Å². The Morgan fingerprint density at radius 1 is 0.760 bits per heavy atom. The van der Waals surface area contributed by atoms with Crippen LogP contribution in [0.25, 0.3) is 33.9 Å². The van der Waals surface area contributed by atoms with E-state index in [-0.39, 0.29) is 11.6 Å². The van der Waals surface area contributed by atoms with Crippen LogP contribution in [0, 0.1) is 12.7 Å². The second kappa shape index (κ2) is 6.36. The molecule has 0 aliphatic heterocycles. The molecule has 4 aromatic rings. The summed E-state index contributed by atoms with van der Waals surface area (Å²) in [4.78, 5) is 4.32. The van der Waals surface area contributed by atoms with Gasteiger partial charge in [-0.15, -0.1) is 0 Å².